The molecule has 1 aliphatic rings. The topological polar surface area (TPSA) is 104 Å². The van der Waals surface area contributed by atoms with Crippen LogP contribution in [0.2, 0.25) is 0 Å². The van der Waals surface area contributed by atoms with Crippen molar-refractivity contribution in [3.8, 4) is 11.3 Å². The van der Waals surface area contributed by atoms with Crippen LogP contribution < -0.4 is 0 Å². The van der Waals surface area contributed by atoms with Crippen LogP contribution in [-0.2, 0) is 22.5 Å². The van der Waals surface area contributed by atoms with Gasteiger partial charge < -0.3 is 23.4 Å². The van der Waals surface area contributed by atoms with Crippen LogP contribution in [-0.4, -0.2) is 59.0 Å². The van der Waals surface area contributed by atoms with Crippen molar-refractivity contribution in [1.29, 1.82) is 0 Å². The van der Waals surface area contributed by atoms with Crippen LogP contribution in [0.25, 0.3) is 11.3 Å². The largest absolute Gasteiger partial charge is 0.377 e. The van der Waals surface area contributed by atoms with Gasteiger partial charge in [-0.2, -0.15) is 4.98 Å². The summed E-state index contributed by atoms with van der Waals surface area (Å²) in [5.74, 6) is 1.32. The number of aryl methyl sites for hydroxylation is 1. The smallest absolute Gasteiger partial charge is 0.259 e. The van der Waals surface area contributed by atoms with Crippen LogP contribution in [0.1, 0.15) is 27.8 Å². The monoisotopic (exact) mass is 398 g/mol. The zero-order valence-electron chi connectivity index (χ0n) is 16.3. The predicted molar refractivity (Wildman–Crippen MR) is 101 cm³/mol. The van der Waals surface area contributed by atoms with E-state index in [4.69, 9.17) is 18.5 Å². The standard InChI is InChI=1S/C20H22N4O5/c1-13-18(19(23-28-13)14-6-4-3-5-7-14)20(25)24-8-9-27-15(11-24)10-17-21-16(12-26-2)22-29-17/h3-7,15H,8-12H2,1-2H3. The molecule has 3 heterocycles. The van der Waals surface area contributed by atoms with E-state index in [0.717, 1.165) is 5.56 Å². The van der Waals surface area contributed by atoms with Crippen molar-refractivity contribution in [1.82, 2.24) is 20.2 Å². The number of morpholine rings is 1. The third-order valence-corrected chi connectivity index (χ3v) is 4.74. The second-order valence-electron chi connectivity index (χ2n) is 6.81. The molecule has 152 valence electrons. The number of methoxy groups -OCH3 is 1. The summed E-state index contributed by atoms with van der Waals surface area (Å²) in [5, 5.41) is 7.97. The molecule has 2 aromatic heterocycles. The Balaban J connectivity index is 1.49. The fraction of sp³-hybridized carbons (Fsp3) is 0.400. The highest BCUT2D eigenvalue weighted by Crippen LogP contribution is 2.27. The maximum absolute atomic E-state index is 13.3. The first kappa shape index (κ1) is 19.3. The van der Waals surface area contributed by atoms with Crippen LogP contribution >= 0.6 is 0 Å². The van der Waals surface area contributed by atoms with Crippen LogP contribution in [0.3, 0.4) is 0 Å². The van der Waals surface area contributed by atoms with E-state index in [-0.39, 0.29) is 18.6 Å². The summed E-state index contributed by atoms with van der Waals surface area (Å²) in [6, 6.07) is 9.54. The van der Waals surface area contributed by atoms with Crippen molar-refractivity contribution in [2.75, 3.05) is 26.8 Å². The van der Waals surface area contributed by atoms with Gasteiger partial charge in [0.15, 0.2) is 5.82 Å². The summed E-state index contributed by atoms with van der Waals surface area (Å²) in [6.07, 6.45) is 0.193. The second kappa shape index (κ2) is 8.54. The molecular formula is C20H22N4O5. The highest BCUT2D eigenvalue weighted by atomic mass is 16.5. The first-order valence-electron chi connectivity index (χ1n) is 9.38. The van der Waals surface area contributed by atoms with Crippen molar-refractivity contribution in [3.05, 3.63) is 53.4 Å². The van der Waals surface area contributed by atoms with Gasteiger partial charge in [0.1, 0.15) is 23.6 Å². The lowest BCUT2D eigenvalue weighted by atomic mass is 10.0. The van der Waals surface area contributed by atoms with E-state index < -0.39 is 0 Å². The number of carbonyl (C=O) groups is 1. The first-order chi connectivity index (χ1) is 14.2. The average molecular weight is 398 g/mol. The minimum absolute atomic E-state index is 0.124. The molecule has 1 fully saturated rings. The summed E-state index contributed by atoms with van der Waals surface area (Å²) in [6.45, 7) is 3.38. The Hall–Kier alpha value is -3.04. The summed E-state index contributed by atoms with van der Waals surface area (Å²) < 4.78 is 21.4. The molecule has 1 amide bonds. The highest BCUT2D eigenvalue weighted by Gasteiger charge is 2.31. The van der Waals surface area contributed by atoms with Gasteiger partial charge in [0, 0.05) is 25.8 Å². The number of benzene rings is 1. The van der Waals surface area contributed by atoms with E-state index >= 15 is 0 Å². The summed E-state index contributed by atoms with van der Waals surface area (Å²) in [5.41, 5.74) is 1.88. The minimum Gasteiger partial charge on any atom is -0.377 e. The molecule has 1 unspecified atom stereocenters. The maximum Gasteiger partial charge on any atom is 0.259 e. The maximum atomic E-state index is 13.3. The summed E-state index contributed by atoms with van der Waals surface area (Å²) >= 11 is 0. The SMILES string of the molecule is COCc1noc(CC2CN(C(=O)c3c(-c4ccccc4)noc3C)CCO2)n1. The molecule has 3 aromatic rings. The number of carbonyl (C=O) groups excluding carboxylic acids is 1. The van der Waals surface area contributed by atoms with Gasteiger partial charge in [0.25, 0.3) is 5.91 Å². The molecule has 0 saturated carbocycles. The lowest BCUT2D eigenvalue weighted by Gasteiger charge is -2.32. The summed E-state index contributed by atoms with van der Waals surface area (Å²) in [7, 11) is 1.57. The van der Waals surface area contributed by atoms with Crippen LogP contribution in [0.15, 0.2) is 39.4 Å². The first-order valence-corrected chi connectivity index (χ1v) is 9.38. The normalized spacial score (nSPS) is 16.9. The molecular weight excluding hydrogens is 376 g/mol. The number of hydrogen-bond donors (Lipinski definition) is 0. The molecule has 4 rings (SSSR count). The van der Waals surface area contributed by atoms with Crippen LogP contribution in [0.5, 0.6) is 0 Å². The molecule has 0 bridgehead atoms. The Labute approximate surface area is 167 Å². The van der Waals surface area contributed by atoms with Gasteiger partial charge in [-0.25, -0.2) is 0 Å². The van der Waals surface area contributed by atoms with Gasteiger partial charge in [-0.15, -0.1) is 0 Å². The minimum atomic E-state index is -0.233. The molecule has 1 saturated heterocycles. The number of aromatic nitrogens is 3. The number of hydrogen-bond acceptors (Lipinski definition) is 8. The fourth-order valence-corrected chi connectivity index (χ4v) is 3.36. The van der Waals surface area contributed by atoms with Gasteiger partial charge >= 0.3 is 0 Å². The van der Waals surface area contributed by atoms with E-state index in [1.807, 2.05) is 30.3 Å². The van der Waals surface area contributed by atoms with E-state index in [9.17, 15) is 4.79 Å². The Kier molecular flexibility index (Phi) is 5.68. The van der Waals surface area contributed by atoms with Gasteiger partial charge in [-0.3, -0.25) is 4.79 Å². The Morgan fingerprint density at radius 3 is 2.86 bits per heavy atom. The lowest BCUT2D eigenvalue weighted by Crippen LogP contribution is -2.46. The molecule has 0 N–H and O–H groups in total. The Morgan fingerprint density at radius 1 is 1.24 bits per heavy atom. The Morgan fingerprint density at radius 2 is 2.07 bits per heavy atom. The predicted octanol–water partition coefficient (Wildman–Crippen LogP) is 2.26. The molecule has 1 atom stereocenters. The zero-order chi connectivity index (χ0) is 20.2. The van der Waals surface area contributed by atoms with Gasteiger partial charge in [0.2, 0.25) is 5.89 Å². The van der Waals surface area contributed by atoms with Gasteiger partial charge in [-0.05, 0) is 6.92 Å². The van der Waals surface area contributed by atoms with Crippen molar-refractivity contribution >= 4 is 5.91 Å². The molecule has 0 spiro atoms. The fourth-order valence-electron chi connectivity index (χ4n) is 3.36. The van der Waals surface area contributed by atoms with Crippen LogP contribution in [0, 0.1) is 6.92 Å². The van der Waals surface area contributed by atoms with Gasteiger partial charge in [0.05, 0.1) is 19.1 Å². The third-order valence-electron chi connectivity index (χ3n) is 4.74. The van der Waals surface area contributed by atoms with Crippen molar-refractivity contribution in [2.24, 2.45) is 0 Å². The average Bonchev–Trinajstić information content (AvgIpc) is 3.35. The zero-order valence-corrected chi connectivity index (χ0v) is 16.3. The highest BCUT2D eigenvalue weighted by molar-refractivity contribution is 6.00. The van der Waals surface area contributed by atoms with E-state index in [1.165, 1.54) is 0 Å². The quantitative estimate of drug-likeness (QED) is 0.623. The molecule has 1 aromatic carbocycles. The Bertz CT molecular complexity index is 968. The van der Waals surface area contributed by atoms with Crippen molar-refractivity contribution < 1.29 is 23.3 Å². The lowest BCUT2D eigenvalue weighted by molar-refractivity contribution is -0.0237. The molecule has 9 heteroatoms. The van der Waals surface area contributed by atoms with E-state index in [2.05, 4.69) is 15.3 Å². The number of nitrogens with zero attached hydrogens (tertiary/aromatic N) is 4. The summed E-state index contributed by atoms with van der Waals surface area (Å²) in [4.78, 5) is 19.3. The number of ether oxygens (including phenoxy) is 2. The van der Waals surface area contributed by atoms with E-state index in [0.29, 0.717) is 54.8 Å². The van der Waals surface area contributed by atoms with Crippen molar-refractivity contribution in [3.63, 3.8) is 0 Å². The second-order valence-corrected chi connectivity index (χ2v) is 6.81. The molecule has 0 radical (unpaired) electrons. The van der Waals surface area contributed by atoms with E-state index in [1.54, 1.807) is 18.9 Å². The van der Waals surface area contributed by atoms with Crippen molar-refractivity contribution in [2.45, 2.75) is 26.1 Å². The number of rotatable bonds is 6. The third kappa shape index (κ3) is 4.20. The molecule has 9 nitrogen and oxygen atoms in total. The van der Waals surface area contributed by atoms with Crippen LogP contribution in [0.4, 0.5) is 0 Å². The number of amides is 1. The van der Waals surface area contributed by atoms with Gasteiger partial charge in [-0.1, -0.05) is 40.6 Å². The molecule has 29 heavy (non-hydrogen) atoms. The molecule has 1 aliphatic heterocycles. The molecule has 0 aliphatic carbocycles.